The molecule has 26 heavy (non-hydrogen) atoms. The molecule has 0 saturated heterocycles. The van der Waals surface area contributed by atoms with Crippen LogP contribution < -0.4 is 0 Å². The minimum absolute atomic E-state index is 0.552. The molecule has 2 heteroatoms. The van der Waals surface area contributed by atoms with Gasteiger partial charge < -0.3 is 0 Å². The Hall–Kier alpha value is -0.370. The van der Waals surface area contributed by atoms with E-state index in [4.69, 9.17) is 0 Å². The summed E-state index contributed by atoms with van der Waals surface area (Å²) in [7, 11) is -0.710. The lowest BCUT2D eigenvalue weighted by molar-refractivity contribution is 0.476. The van der Waals surface area contributed by atoms with Gasteiger partial charge in [0.2, 0.25) is 0 Å². The zero-order valence-corrected chi connectivity index (χ0v) is 19.1. The molecule has 0 aromatic heterocycles. The van der Waals surface area contributed by atoms with E-state index in [1.807, 2.05) is 0 Å². The van der Waals surface area contributed by atoms with Gasteiger partial charge in [0.25, 0.3) is 0 Å². The topological polar surface area (TPSA) is 17.1 Å². The smallest absolute Gasteiger partial charge is 0.0266 e. The monoisotopic (exact) mass is 382 g/mol. The summed E-state index contributed by atoms with van der Waals surface area (Å²) in [6, 6.07) is 0. The van der Waals surface area contributed by atoms with Gasteiger partial charge in [-0.1, -0.05) is 76.4 Å². The second kappa shape index (κ2) is 16.8. The molecule has 0 N–H and O–H groups in total. The summed E-state index contributed by atoms with van der Waals surface area (Å²) in [6.07, 6.45) is 14.9. The minimum Gasteiger partial charge on any atom is -0.260 e. The van der Waals surface area contributed by atoms with Gasteiger partial charge >= 0.3 is 0 Å². The van der Waals surface area contributed by atoms with Gasteiger partial charge in [0.05, 0.1) is 0 Å². The number of hydrogen-bond acceptors (Lipinski definition) is 1. The van der Waals surface area contributed by atoms with Crippen LogP contribution in [0, 0.1) is 11.8 Å². The standard InChI is InChI=1S/C24H46OS/c1-7-9-11-13-15-23(17-21(3)4)19-26(25)20-24(18-22(5)6)16-14-12-10-8-2/h23-24H,3,5,7-20H2,1-2,4,6H3. The molecule has 0 aliphatic heterocycles. The van der Waals surface area contributed by atoms with Crippen LogP contribution in [0.5, 0.6) is 0 Å². The van der Waals surface area contributed by atoms with Crippen LogP contribution in [0.1, 0.15) is 105 Å². The SMILES string of the molecule is C=C(C)CC(CCCCCC)CS(=O)CC(CCCCCC)CC(=C)C. The number of allylic oxidation sites excluding steroid dienone is 2. The maximum Gasteiger partial charge on any atom is 0.0266 e. The molecular weight excluding hydrogens is 336 g/mol. The van der Waals surface area contributed by atoms with Crippen molar-refractivity contribution >= 4 is 10.8 Å². The van der Waals surface area contributed by atoms with Crippen molar-refractivity contribution in [2.75, 3.05) is 11.5 Å². The third-order valence-corrected chi connectivity index (χ3v) is 6.74. The Labute approximate surface area is 167 Å². The molecule has 0 bridgehead atoms. The average molecular weight is 383 g/mol. The summed E-state index contributed by atoms with van der Waals surface area (Å²) in [5.74, 6) is 2.83. The van der Waals surface area contributed by atoms with E-state index in [-0.39, 0.29) is 0 Å². The van der Waals surface area contributed by atoms with Crippen LogP contribution in [-0.2, 0) is 10.8 Å². The lowest BCUT2D eigenvalue weighted by atomic mass is 9.96. The van der Waals surface area contributed by atoms with E-state index in [2.05, 4.69) is 40.9 Å². The Bertz CT molecular complexity index is 363. The molecule has 0 aliphatic rings. The summed E-state index contributed by atoms with van der Waals surface area (Å²) >= 11 is 0. The fraction of sp³-hybridized carbons (Fsp3) is 0.833. The normalized spacial score (nSPS) is 14.8. The molecule has 0 aromatic rings. The molecule has 0 radical (unpaired) electrons. The van der Waals surface area contributed by atoms with Crippen LogP contribution in [0.4, 0.5) is 0 Å². The van der Waals surface area contributed by atoms with Crippen molar-refractivity contribution in [2.24, 2.45) is 11.8 Å². The fourth-order valence-electron chi connectivity index (χ4n) is 3.79. The molecule has 0 fully saturated rings. The van der Waals surface area contributed by atoms with E-state index in [1.165, 1.54) is 75.4 Å². The first-order valence-electron chi connectivity index (χ1n) is 11.0. The highest BCUT2D eigenvalue weighted by Gasteiger charge is 2.17. The van der Waals surface area contributed by atoms with E-state index in [9.17, 15) is 4.21 Å². The summed E-state index contributed by atoms with van der Waals surface area (Å²) < 4.78 is 12.9. The second-order valence-corrected chi connectivity index (χ2v) is 10.1. The maximum absolute atomic E-state index is 12.9. The van der Waals surface area contributed by atoms with Gasteiger partial charge in [-0.25, -0.2) is 0 Å². The Morgan fingerprint density at radius 3 is 1.42 bits per heavy atom. The van der Waals surface area contributed by atoms with Crippen LogP contribution in [0.2, 0.25) is 0 Å². The minimum atomic E-state index is -0.710. The Kier molecular flexibility index (Phi) is 16.5. The number of unbranched alkanes of at least 4 members (excludes halogenated alkanes) is 6. The quantitative estimate of drug-likeness (QED) is 0.174. The van der Waals surface area contributed by atoms with Gasteiger partial charge in [0.15, 0.2) is 0 Å². The van der Waals surface area contributed by atoms with Crippen molar-refractivity contribution in [3.05, 3.63) is 24.3 Å². The predicted molar refractivity (Wildman–Crippen MR) is 121 cm³/mol. The van der Waals surface area contributed by atoms with Gasteiger partial charge in [-0.2, -0.15) is 0 Å². The third kappa shape index (κ3) is 15.9. The highest BCUT2D eigenvalue weighted by molar-refractivity contribution is 7.85. The van der Waals surface area contributed by atoms with E-state index < -0.39 is 10.8 Å². The summed E-state index contributed by atoms with van der Waals surface area (Å²) in [5.41, 5.74) is 2.47. The van der Waals surface area contributed by atoms with Gasteiger partial charge in [-0.3, -0.25) is 4.21 Å². The zero-order chi connectivity index (χ0) is 19.8. The molecule has 0 amide bonds. The predicted octanol–water partition coefficient (Wildman–Crippen LogP) is 7.84. The molecular formula is C24H46OS. The number of hydrogen-bond donors (Lipinski definition) is 0. The molecule has 154 valence electrons. The molecule has 0 aliphatic carbocycles. The van der Waals surface area contributed by atoms with Crippen molar-refractivity contribution < 1.29 is 4.21 Å². The van der Waals surface area contributed by atoms with Gasteiger partial charge in [-0.15, -0.1) is 13.2 Å². The fourth-order valence-corrected chi connectivity index (χ4v) is 5.54. The molecule has 0 rings (SSSR count). The molecule has 0 aromatic carbocycles. The van der Waals surface area contributed by atoms with Crippen LogP contribution in [0.3, 0.4) is 0 Å². The van der Waals surface area contributed by atoms with Gasteiger partial charge in [0, 0.05) is 22.3 Å². The first-order chi connectivity index (χ1) is 12.4. The highest BCUT2D eigenvalue weighted by Crippen LogP contribution is 2.23. The zero-order valence-electron chi connectivity index (χ0n) is 18.3. The summed E-state index contributed by atoms with van der Waals surface area (Å²) in [4.78, 5) is 0. The van der Waals surface area contributed by atoms with Crippen molar-refractivity contribution in [1.82, 2.24) is 0 Å². The maximum atomic E-state index is 12.9. The van der Waals surface area contributed by atoms with E-state index in [0.29, 0.717) is 11.8 Å². The summed E-state index contributed by atoms with van der Waals surface area (Å²) in [5, 5.41) is 0. The molecule has 1 nitrogen and oxygen atoms in total. The Morgan fingerprint density at radius 1 is 0.731 bits per heavy atom. The van der Waals surface area contributed by atoms with E-state index >= 15 is 0 Å². The van der Waals surface area contributed by atoms with Crippen molar-refractivity contribution in [3.63, 3.8) is 0 Å². The average Bonchev–Trinajstić information content (AvgIpc) is 2.54. The van der Waals surface area contributed by atoms with Crippen LogP contribution >= 0.6 is 0 Å². The first-order valence-corrected chi connectivity index (χ1v) is 12.5. The Balaban J connectivity index is 4.48. The molecule has 2 unspecified atom stereocenters. The third-order valence-electron chi connectivity index (χ3n) is 5.05. The molecule has 0 saturated carbocycles. The Morgan fingerprint density at radius 2 is 1.12 bits per heavy atom. The van der Waals surface area contributed by atoms with E-state index in [1.54, 1.807) is 0 Å². The lowest BCUT2D eigenvalue weighted by Gasteiger charge is -2.20. The lowest BCUT2D eigenvalue weighted by Crippen LogP contribution is -2.19. The first kappa shape index (κ1) is 25.6. The van der Waals surface area contributed by atoms with Crippen molar-refractivity contribution in [1.29, 1.82) is 0 Å². The number of rotatable bonds is 18. The van der Waals surface area contributed by atoms with Crippen molar-refractivity contribution in [2.45, 2.75) is 105 Å². The largest absolute Gasteiger partial charge is 0.260 e. The highest BCUT2D eigenvalue weighted by atomic mass is 32.2. The molecule has 2 atom stereocenters. The molecule has 0 heterocycles. The van der Waals surface area contributed by atoms with Gasteiger partial charge in [0.1, 0.15) is 0 Å². The van der Waals surface area contributed by atoms with Crippen LogP contribution in [-0.4, -0.2) is 15.7 Å². The second-order valence-electron chi connectivity index (χ2n) is 8.53. The van der Waals surface area contributed by atoms with Gasteiger partial charge in [-0.05, 0) is 51.4 Å². The van der Waals surface area contributed by atoms with Crippen LogP contribution in [0.15, 0.2) is 24.3 Å². The molecule has 0 spiro atoms. The van der Waals surface area contributed by atoms with Crippen molar-refractivity contribution in [3.8, 4) is 0 Å². The summed E-state index contributed by atoms with van der Waals surface area (Å²) in [6.45, 7) is 16.9. The van der Waals surface area contributed by atoms with Crippen LogP contribution in [0.25, 0.3) is 0 Å². The van der Waals surface area contributed by atoms with E-state index in [0.717, 1.165) is 24.3 Å².